The molecule has 0 spiro atoms. The number of aliphatic hydroxyl groups is 1. The van der Waals surface area contributed by atoms with Crippen molar-refractivity contribution in [2.75, 3.05) is 18.1 Å². The number of carbonyl (C=O) groups excluding carboxylic acids is 1. The molecule has 0 fully saturated rings. The average Bonchev–Trinajstić information content (AvgIpc) is 2.81. The summed E-state index contributed by atoms with van der Waals surface area (Å²) in [5.74, 6) is 2.24. The van der Waals surface area contributed by atoms with Gasteiger partial charge in [-0.3, -0.25) is 4.79 Å². The second kappa shape index (κ2) is 6.71. The molecule has 0 bridgehead atoms. The first-order chi connectivity index (χ1) is 8.06. The quantitative estimate of drug-likeness (QED) is 0.730. The Kier molecular flexibility index (Phi) is 5.58. The molecule has 0 aliphatic carbocycles. The summed E-state index contributed by atoms with van der Waals surface area (Å²) in [4.78, 5) is 11.5. The molecule has 4 nitrogen and oxygen atoms in total. The molecule has 5 heteroatoms. The van der Waals surface area contributed by atoms with E-state index in [0.717, 1.165) is 11.5 Å². The van der Waals surface area contributed by atoms with Crippen LogP contribution in [0, 0.1) is 0 Å². The first-order valence-corrected chi connectivity index (χ1v) is 6.82. The third-order valence-corrected chi connectivity index (χ3v) is 3.26. The lowest BCUT2D eigenvalue weighted by Crippen LogP contribution is -2.38. The van der Waals surface area contributed by atoms with Crippen molar-refractivity contribution in [1.29, 1.82) is 0 Å². The van der Waals surface area contributed by atoms with Gasteiger partial charge in [-0.05, 0) is 24.8 Å². The van der Waals surface area contributed by atoms with E-state index in [-0.39, 0.29) is 12.5 Å². The number of furan rings is 1. The molecule has 96 valence electrons. The summed E-state index contributed by atoms with van der Waals surface area (Å²) < 4.78 is 5.12. The molecule has 1 aromatic rings. The van der Waals surface area contributed by atoms with Crippen LogP contribution in [0.5, 0.6) is 0 Å². The summed E-state index contributed by atoms with van der Waals surface area (Å²) in [6, 6.07) is 3.41. The van der Waals surface area contributed by atoms with Gasteiger partial charge in [-0.25, -0.2) is 0 Å². The normalized spacial score (nSPS) is 14.3. The van der Waals surface area contributed by atoms with Crippen LogP contribution in [-0.2, 0) is 10.4 Å². The smallest absolute Gasteiger partial charge is 0.220 e. The number of nitrogens with one attached hydrogen (secondary N) is 1. The highest BCUT2D eigenvalue weighted by molar-refractivity contribution is 7.99. The van der Waals surface area contributed by atoms with Gasteiger partial charge >= 0.3 is 0 Å². The van der Waals surface area contributed by atoms with Crippen molar-refractivity contribution in [3.8, 4) is 0 Å². The van der Waals surface area contributed by atoms with Gasteiger partial charge in [-0.2, -0.15) is 11.8 Å². The number of hydrogen-bond donors (Lipinski definition) is 2. The predicted molar refractivity (Wildman–Crippen MR) is 68.9 cm³/mol. The summed E-state index contributed by atoms with van der Waals surface area (Å²) in [5, 5.41) is 12.8. The maximum Gasteiger partial charge on any atom is 0.220 e. The Morgan fingerprint density at radius 1 is 1.65 bits per heavy atom. The van der Waals surface area contributed by atoms with Crippen molar-refractivity contribution in [2.24, 2.45) is 0 Å². The minimum Gasteiger partial charge on any atom is -0.466 e. The largest absolute Gasteiger partial charge is 0.466 e. The van der Waals surface area contributed by atoms with Gasteiger partial charge in [-0.1, -0.05) is 6.92 Å². The molecule has 1 amide bonds. The van der Waals surface area contributed by atoms with E-state index < -0.39 is 5.60 Å². The SMILES string of the molecule is CCSCCC(=O)NCC(C)(O)c1ccco1. The second-order valence-corrected chi connectivity index (χ2v) is 5.37. The van der Waals surface area contributed by atoms with Gasteiger partial charge in [0.2, 0.25) is 5.91 Å². The van der Waals surface area contributed by atoms with Crippen molar-refractivity contribution in [3.63, 3.8) is 0 Å². The Morgan fingerprint density at radius 2 is 2.41 bits per heavy atom. The zero-order valence-corrected chi connectivity index (χ0v) is 11.0. The first-order valence-electron chi connectivity index (χ1n) is 5.67. The molecule has 1 rings (SSSR count). The van der Waals surface area contributed by atoms with Gasteiger partial charge in [-0.15, -0.1) is 0 Å². The highest BCUT2D eigenvalue weighted by Crippen LogP contribution is 2.19. The lowest BCUT2D eigenvalue weighted by molar-refractivity contribution is -0.122. The Morgan fingerprint density at radius 3 is 3.00 bits per heavy atom. The number of hydrogen-bond acceptors (Lipinski definition) is 4. The molecule has 0 radical (unpaired) electrons. The zero-order chi connectivity index (χ0) is 12.7. The zero-order valence-electron chi connectivity index (χ0n) is 10.2. The highest BCUT2D eigenvalue weighted by atomic mass is 32.2. The van der Waals surface area contributed by atoms with Crippen LogP contribution < -0.4 is 5.32 Å². The summed E-state index contributed by atoms with van der Waals surface area (Å²) in [7, 11) is 0. The van der Waals surface area contributed by atoms with Crippen LogP contribution in [0.4, 0.5) is 0 Å². The predicted octanol–water partition coefficient (Wildman–Crippen LogP) is 1.75. The summed E-state index contributed by atoms with van der Waals surface area (Å²) in [6.07, 6.45) is 1.98. The molecule has 1 aromatic heterocycles. The summed E-state index contributed by atoms with van der Waals surface area (Å²) >= 11 is 1.73. The molecule has 0 saturated heterocycles. The van der Waals surface area contributed by atoms with Gasteiger partial charge in [0.05, 0.1) is 12.8 Å². The molecular formula is C12H19NO3S. The summed E-state index contributed by atoms with van der Waals surface area (Å²) in [6.45, 7) is 3.84. The Bertz CT molecular complexity index is 336. The molecule has 0 saturated carbocycles. The lowest BCUT2D eigenvalue weighted by Gasteiger charge is -2.21. The number of amides is 1. The van der Waals surface area contributed by atoms with Crippen molar-refractivity contribution in [1.82, 2.24) is 5.32 Å². The van der Waals surface area contributed by atoms with E-state index in [2.05, 4.69) is 12.2 Å². The Labute approximate surface area is 106 Å². The van der Waals surface area contributed by atoms with Crippen LogP contribution in [-0.4, -0.2) is 29.1 Å². The van der Waals surface area contributed by atoms with E-state index in [1.165, 1.54) is 6.26 Å². The maximum absolute atomic E-state index is 11.5. The molecule has 0 aromatic carbocycles. The van der Waals surface area contributed by atoms with Crippen molar-refractivity contribution >= 4 is 17.7 Å². The van der Waals surface area contributed by atoms with Crippen molar-refractivity contribution in [3.05, 3.63) is 24.2 Å². The minimum atomic E-state index is -1.16. The number of rotatable bonds is 7. The maximum atomic E-state index is 11.5. The fraction of sp³-hybridized carbons (Fsp3) is 0.583. The van der Waals surface area contributed by atoms with Gasteiger partial charge in [0.15, 0.2) is 0 Å². The van der Waals surface area contributed by atoms with E-state index in [1.807, 2.05) is 0 Å². The van der Waals surface area contributed by atoms with Crippen LogP contribution in [0.25, 0.3) is 0 Å². The third-order valence-electron chi connectivity index (χ3n) is 2.36. The van der Waals surface area contributed by atoms with Gasteiger partial charge < -0.3 is 14.8 Å². The topological polar surface area (TPSA) is 62.5 Å². The molecular weight excluding hydrogens is 238 g/mol. The van der Waals surface area contributed by atoms with Crippen LogP contribution in [0.1, 0.15) is 26.0 Å². The van der Waals surface area contributed by atoms with Gasteiger partial charge in [0.25, 0.3) is 0 Å². The van der Waals surface area contributed by atoms with Gasteiger partial charge in [0, 0.05) is 12.2 Å². The molecule has 1 atom stereocenters. The van der Waals surface area contributed by atoms with Crippen LogP contribution in [0.3, 0.4) is 0 Å². The number of carbonyl (C=O) groups is 1. The highest BCUT2D eigenvalue weighted by Gasteiger charge is 2.26. The van der Waals surface area contributed by atoms with Crippen molar-refractivity contribution < 1.29 is 14.3 Å². The van der Waals surface area contributed by atoms with Crippen molar-refractivity contribution in [2.45, 2.75) is 25.9 Å². The van der Waals surface area contributed by atoms with E-state index in [4.69, 9.17) is 4.42 Å². The second-order valence-electron chi connectivity index (χ2n) is 3.97. The van der Waals surface area contributed by atoms with Gasteiger partial charge in [0.1, 0.15) is 11.4 Å². The lowest BCUT2D eigenvalue weighted by atomic mass is 10.0. The van der Waals surface area contributed by atoms with Crippen LogP contribution >= 0.6 is 11.8 Å². The average molecular weight is 257 g/mol. The number of thioether (sulfide) groups is 1. The third kappa shape index (κ3) is 4.83. The van der Waals surface area contributed by atoms with E-state index in [9.17, 15) is 9.90 Å². The molecule has 1 heterocycles. The molecule has 0 aliphatic rings. The molecule has 1 unspecified atom stereocenters. The minimum absolute atomic E-state index is 0.0437. The fourth-order valence-corrected chi connectivity index (χ4v) is 1.96. The van der Waals surface area contributed by atoms with E-state index >= 15 is 0 Å². The van der Waals surface area contributed by atoms with E-state index in [0.29, 0.717) is 12.2 Å². The molecule has 17 heavy (non-hydrogen) atoms. The molecule has 2 N–H and O–H groups in total. The summed E-state index contributed by atoms with van der Waals surface area (Å²) in [5.41, 5.74) is -1.16. The van der Waals surface area contributed by atoms with Crippen LogP contribution in [0.2, 0.25) is 0 Å². The Hall–Kier alpha value is -0.940. The fourth-order valence-electron chi connectivity index (χ4n) is 1.34. The first kappa shape index (κ1) is 14.1. The van der Waals surface area contributed by atoms with E-state index in [1.54, 1.807) is 30.8 Å². The monoisotopic (exact) mass is 257 g/mol. The molecule has 0 aliphatic heterocycles. The Balaban J connectivity index is 2.32. The van der Waals surface area contributed by atoms with Crippen LogP contribution in [0.15, 0.2) is 22.8 Å². The standard InChI is InChI=1S/C12H19NO3S/c1-3-17-8-6-11(14)13-9-12(2,15)10-5-4-7-16-10/h4-5,7,15H,3,6,8-9H2,1-2H3,(H,13,14).